The molecule has 0 radical (unpaired) electrons. The highest BCUT2D eigenvalue weighted by molar-refractivity contribution is 7.99. The lowest BCUT2D eigenvalue weighted by Crippen LogP contribution is -2.20. The van der Waals surface area contributed by atoms with E-state index in [1.807, 2.05) is 41.8 Å². The minimum Gasteiger partial charge on any atom is -0.494 e. The molecule has 1 heterocycles. The van der Waals surface area contributed by atoms with Gasteiger partial charge in [0.05, 0.1) is 31.2 Å². The van der Waals surface area contributed by atoms with Crippen LogP contribution in [0.2, 0.25) is 0 Å². The van der Waals surface area contributed by atoms with Crippen molar-refractivity contribution in [1.82, 2.24) is 20.2 Å². The number of amides is 1. The number of esters is 1. The van der Waals surface area contributed by atoms with Crippen molar-refractivity contribution in [3.8, 4) is 22.9 Å². The van der Waals surface area contributed by atoms with E-state index < -0.39 is 5.97 Å². The number of carbonyl (C=O) groups is 2. The number of rotatable bonds is 13. The van der Waals surface area contributed by atoms with Gasteiger partial charge in [-0.3, -0.25) is 9.36 Å². The zero-order chi connectivity index (χ0) is 29.0. The van der Waals surface area contributed by atoms with Gasteiger partial charge >= 0.3 is 5.97 Å². The van der Waals surface area contributed by atoms with Crippen LogP contribution in [-0.4, -0.2) is 52.3 Å². The van der Waals surface area contributed by atoms with E-state index in [1.165, 1.54) is 25.1 Å². The second kappa shape index (κ2) is 14.7. The van der Waals surface area contributed by atoms with Crippen molar-refractivity contribution >= 4 is 29.9 Å². The molecule has 1 N–H and O–H groups in total. The first-order valence-corrected chi connectivity index (χ1v) is 14.0. The Morgan fingerprint density at radius 1 is 1.02 bits per heavy atom. The normalized spacial score (nSPS) is 10.9. The van der Waals surface area contributed by atoms with Crippen molar-refractivity contribution in [3.63, 3.8) is 0 Å². The molecule has 3 aromatic carbocycles. The molecular formula is C30H31N5O5S. The summed E-state index contributed by atoms with van der Waals surface area (Å²) in [4.78, 5) is 25.0. The molecule has 1 aromatic heterocycles. The minimum absolute atomic E-state index is 0.104. The van der Waals surface area contributed by atoms with Gasteiger partial charge < -0.3 is 14.2 Å². The van der Waals surface area contributed by atoms with Crippen LogP contribution in [0.15, 0.2) is 83.1 Å². The third-order valence-electron chi connectivity index (χ3n) is 5.79. The number of thioether (sulfide) groups is 1. The summed E-state index contributed by atoms with van der Waals surface area (Å²) in [7, 11) is 1.48. The molecule has 41 heavy (non-hydrogen) atoms. The summed E-state index contributed by atoms with van der Waals surface area (Å²) >= 11 is 1.26. The molecule has 0 aliphatic heterocycles. The summed E-state index contributed by atoms with van der Waals surface area (Å²) in [5.74, 6) is 1.32. The lowest BCUT2D eigenvalue weighted by Gasteiger charge is -2.10. The lowest BCUT2D eigenvalue weighted by molar-refractivity contribution is -0.118. The predicted molar refractivity (Wildman–Crippen MR) is 157 cm³/mol. The van der Waals surface area contributed by atoms with Crippen molar-refractivity contribution in [2.45, 2.75) is 31.8 Å². The molecule has 0 spiro atoms. The van der Waals surface area contributed by atoms with E-state index in [-0.39, 0.29) is 17.4 Å². The standard InChI is InChI=1S/C30H31N5O5S/c1-4-5-17-39-25-14-12-23(13-15-25)29(37)40-26-16-11-22(18-27(26)38-3)19-31-33-28(36)20-41-30-34-32-21(2)35(30)24-9-7-6-8-10-24/h6-16,18-19H,4-5,17,20H2,1-3H3,(H,33,36). The summed E-state index contributed by atoms with van der Waals surface area (Å²) in [6, 6.07) is 21.5. The monoisotopic (exact) mass is 573 g/mol. The first-order valence-electron chi connectivity index (χ1n) is 13.0. The van der Waals surface area contributed by atoms with Crippen molar-refractivity contribution in [2.24, 2.45) is 5.10 Å². The highest BCUT2D eigenvalue weighted by Gasteiger charge is 2.14. The molecule has 0 fully saturated rings. The zero-order valence-corrected chi connectivity index (χ0v) is 23.9. The van der Waals surface area contributed by atoms with Gasteiger partial charge in [-0.25, -0.2) is 10.2 Å². The fourth-order valence-electron chi connectivity index (χ4n) is 3.68. The van der Waals surface area contributed by atoms with Gasteiger partial charge in [0.25, 0.3) is 5.91 Å². The van der Waals surface area contributed by atoms with Crippen LogP contribution in [0.1, 0.15) is 41.5 Å². The summed E-state index contributed by atoms with van der Waals surface area (Å²) in [6.45, 7) is 4.59. The first-order chi connectivity index (χ1) is 20.0. The van der Waals surface area contributed by atoms with Gasteiger partial charge in [0, 0.05) is 5.69 Å². The molecule has 1 amide bonds. The Morgan fingerprint density at radius 2 is 1.80 bits per heavy atom. The third kappa shape index (κ3) is 8.18. The number of carbonyl (C=O) groups excluding carboxylic acids is 2. The van der Waals surface area contributed by atoms with Crippen LogP contribution in [0.4, 0.5) is 0 Å². The molecule has 0 bridgehead atoms. The maximum atomic E-state index is 12.6. The van der Waals surface area contributed by atoms with Crippen LogP contribution in [-0.2, 0) is 4.79 Å². The molecule has 0 unspecified atom stereocenters. The summed E-state index contributed by atoms with van der Waals surface area (Å²) in [5.41, 5.74) is 4.46. The molecule has 0 aliphatic rings. The number of hydrogen-bond donors (Lipinski definition) is 1. The fraction of sp³-hybridized carbons (Fsp3) is 0.233. The molecule has 0 saturated heterocycles. The first kappa shape index (κ1) is 29.3. The largest absolute Gasteiger partial charge is 0.494 e. The van der Waals surface area contributed by atoms with Crippen LogP contribution in [0.3, 0.4) is 0 Å². The molecule has 0 aliphatic carbocycles. The van der Waals surface area contributed by atoms with Crippen LogP contribution in [0.5, 0.6) is 17.2 Å². The molecule has 4 rings (SSSR count). The smallest absolute Gasteiger partial charge is 0.343 e. The molecule has 4 aromatic rings. The van der Waals surface area contributed by atoms with E-state index in [9.17, 15) is 9.59 Å². The molecular weight excluding hydrogens is 542 g/mol. The highest BCUT2D eigenvalue weighted by atomic mass is 32.2. The maximum absolute atomic E-state index is 12.6. The predicted octanol–water partition coefficient (Wildman–Crippen LogP) is 5.22. The Balaban J connectivity index is 1.30. The van der Waals surface area contributed by atoms with Crippen molar-refractivity contribution in [1.29, 1.82) is 0 Å². The summed E-state index contributed by atoms with van der Waals surface area (Å²) < 4.78 is 18.5. The van der Waals surface area contributed by atoms with Gasteiger partial charge in [-0.05, 0) is 73.5 Å². The quantitative estimate of drug-likeness (QED) is 0.0578. The minimum atomic E-state index is -0.520. The highest BCUT2D eigenvalue weighted by Crippen LogP contribution is 2.29. The van der Waals surface area contributed by atoms with E-state index in [0.29, 0.717) is 34.4 Å². The van der Waals surface area contributed by atoms with Gasteiger partial charge in [-0.15, -0.1) is 10.2 Å². The number of aryl methyl sites for hydroxylation is 1. The Kier molecular flexibility index (Phi) is 10.5. The number of aromatic nitrogens is 3. The zero-order valence-electron chi connectivity index (χ0n) is 23.1. The SMILES string of the molecule is CCCCOc1ccc(C(=O)Oc2ccc(C=NNC(=O)CSc3nnc(C)n3-c3ccccc3)cc2OC)cc1. The molecule has 11 heteroatoms. The van der Waals surface area contributed by atoms with Crippen LogP contribution in [0, 0.1) is 6.92 Å². The Hall–Kier alpha value is -4.64. The van der Waals surface area contributed by atoms with E-state index in [2.05, 4.69) is 27.6 Å². The molecule has 212 valence electrons. The summed E-state index contributed by atoms with van der Waals surface area (Å²) in [6.07, 6.45) is 3.49. The van der Waals surface area contributed by atoms with Gasteiger partial charge in [-0.1, -0.05) is 43.3 Å². The number of hydrazone groups is 1. The second-order valence-electron chi connectivity index (χ2n) is 8.81. The Morgan fingerprint density at radius 3 is 2.54 bits per heavy atom. The number of para-hydroxylation sites is 1. The number of ether oxygens (including phenoxy) is 3. The number of nitrogens with one attached hydrogen (secondary N) is 1. The Labute approximate surface area is 242 Å². The van der Waals surface area contributed by atoms with Gasteiger partial charge in [0.2, 0.25) is 0 Å². The third-order valence-corrected chi connectivity index (χ3v) is 6.72. The van der Waals surface area contributed by atoms with Gasteiger partial charge in [-0.2, -0.15) is 5.10 Å². The maximum Gasteiger partial charge on any atom is 0.343 e. The number of unbranched alkanes of at least 4 members (excludes halogenated alkanes) is 1. The lowest BCUT2D eigenvalue weighted by atomic mass is 10.2. The number of nitrogens with zero attached hydrogens (tertiary/aromatic N) is 4. The summed E-state index contributed by atoms with van der Waals surface area (Å²) in [5, 5.41) is 13.0. The van der Waals surface area contributed by atoms with Crippen LogP contribution < -0.4 is 19.6 Å². The van der Waals surface area contributed by atoms with E-state index in [4.69, 9.17) is 14.2 Å². The average Bonchev–Trinajstić information content (AvgIpc) is 3.37. The average molecular weight is 574 g/mol. The van der Waals surface area contributed by atoms with Crippen LogP contribution >= 0.6 is 11.8 Å². The number of methoxy groups -OCH3 is 1. The second-order valence-corrected chi connectivity index (χ2v) is 9.75. The van der Waals surface area contributed by atoms with Gasteiger partial charge in [0.15, 0.2) is 16.7 Å². The van der Waals surface area contributed by atoms with Crippen LogP contribution in [0.25, 0.3) is 5.69 Å². The fourth-order valence-corrected chi connectivity index (χ4v) is 4.47. The van der Waals surface area contributed by atoms with Gasteiger partial charge in [0.1, 0.15) is 11.6 Å². The van der Waals surface area contributed by atoms with E-state index in [0.717, 1.165) is 24.4 Å². The van der Waals surface area contributed by atoms with E-state index >= 15 is 0 Å². The van der Waals surface area contributed by atoms with Crippen molar-refractivity contribution in [2.75, 3.05) is 19.5 Å². The topological polar surface area (TPSA) is 117 Å². The van der Waals surface area contributed by atoms with Crippen molar-refractivity contribution < 1.29 is 23.8 Å². The molecule has 0 saturated carbocycles. The Bertz CT molecular complexity index is 1490. The molecule has 0 atom stereocenters. The number of benzene rings is 3. The molecule has 10 nitrogen and oxygen atoms in total. The van der Waals surface area contributed by atoms with E-state index in [1.54, 1.807) is 42.5 Å². The van der Waals surface area contributed by atoms with Crippen molar-refractivity contribution in [3.05, 3.63) is 89.7 Å². The number of hydrogen-bond acceptors (Lipinski definition) is 9.